The lowest BCUT2D eigenvalue weighted by Gasteiger charge is -2.29. The number of carbonyl (C=O) groups is 1. The zero-order valence-electron chi connectivity index (χ0n) is 16.2. The molecule has 7 heteroatoms. The van der Waals surface area contributed by atoms with E-state index in [-0.39, 0.29) is 11.3 Å². The van der Waals surface area contributed by atoms with Crippen LogP contribution in [0.3, 0.4) is 0 Å². The number of nitro groups is 1. The fraction of sp³-hybridized carbons (Fsp3) is 0.632. The molecule has 0 unspecified atom stereocenters. The number of benzene rings is 1. The summed E-state index contributed by atoms with van der Waals surface area (Å²) in [6.07, 6.45) is 3.77. The first-order valence-electron chi connectivity index (χ1n) is 9.12. The second kappa shape index (κ2) is 8.49. The molecule has 0 radical (unpaired) electrons. The highest BCUT2D eigenvalue weighted by Gasteiger charge is 2.26. The highest BCUT2D eigenvalue weighted by atomic mass is 16.6. The van der Waals surface area contributed by atoms with Crippen LogP contribution in [0.5, 0.6) is 0 Å². The molecule has 0 spiro atoms. The minimum absolute atomic E-state index is 0.0156. The van der Waals surface area contributed by atoms with Gasteiger partial charge in [-0.2, -0.15) is 0 Å². The maximum absolute atomic E-state index is 12.3. The van der Waals surface area contributed by atoms with Crippen molar-refractivity contribution in [2.24, 2.45) is 0 Å². The monoisotopic (exact) mass is 363 g/mol. The summed E-state index contributed by atoms with van der Waals surface area (Å²) in [5.74, 6) is -0.674. The number of rotatable bonds is 6. The number of esters is 1. The minimum atomic E-state index is -0.700. The number of anilines is 1. The number of carbonyl (C=O) groups excluding carboxylic acids is 1. The maximum Gasteiger partial charge on any atom is 0.345 e. The molecule has 2 rings (SSSR count). The van der Waals surface area contributed by atoms with E-state index in [9.17, 15) is 14.9 Å². The van der Waals surface area contributed by atoms with Gasteiger partial charge in [0.2, 0.25) is 0 Å². The molecule has 1 aromatic rings. The largest absolute Gasteiger partial charge is 0.456 e. The molecule has 0 atom stereocenters. The van der Waals surface area contributed by atoms with Gasteiger partial charge in [0.05, 0.1) is 4.92 Å². The number of likely N-dealkylation sites (N-methyl/N-ethyl adjacent to an activating group) is 1. The molecule has 1 saturated heterocycles. The highest BCUT2D eigenvalue weighted by Crippen LogP contribution is 2.27. The van der Waals surface area contributed by atoms with Crippen LogP contribution in [-0.4, -0.2) is 54.6 Å². The first-order valence-corrected chi connectivity index (χ1v) is 9.12. The van der Waals surface area contributed by atoms with Crippen LogP contribution in [0.25, 0.3) is 0 Å². The van der Waals surface area contributed by atoms with Crippen LogP contribution >= 0.6 is 0 Å². The van der Waals surface area contributed by atoms with Gasteiger partial charge in [0.25, 0.3) is 5.69 Å². The predicted molar refractivity (Wildman–Crippen MR) is 102 cm³/mol. The molecule has 0 N–H and O–H groups in total. The van der Waals surface area contributed by atoms with Gasteiger partial charge in [-0.1, -0.05) is 6.42 Å². The van der Waals surface area contributed by atoms with Crippen LogP contribution in [0.2, 0.25) is 0 Å². The average molecular weight is 363 g/mol. The number of likely N-dealkylation sites (tertiary alicyclic amines) is 1. The normalized spacial score (nSPS) is 15.5. The van der Waals surface area contributed by atoms with Gasteiger partial charge in [-0.3, -0.25) is 10.1 Å². The Hall–Kier alpha value is -2.15. The van der Waals surface area contributed by atoms with Crippen LogP contribution < -0.4 is 4.90 Å². The molecular weight excluding hydrogens is 334 g/mol. The first-order chi connectivity index (χ1) is 12.2. The zero-order chi connectivity index (χ0) is 19.3. The third-order valence-electron chi connectivity index (χ3n) is 4.44. The number of hydrogen-bond acceptors (Lipinski definition) is 6. The van der Waals surface area contributed by atoms with E-state index in [0.717, 1.165) is 31.9 Å². The topological polar surface area (TPSA) is 75.9 Å². The van der Waals surface area contributed by atoms with E-state index in [1.165, 1.54) is 31.4 Å². The molecule has 1 aromatic carbocycles. The van der Waals surface area contributed by atoms with Crippen molar-refractivity contribution in [3.63, 3.8) is 0 Å². The van der Waals surface area contributed by atoms with Gasteiger partial charge < -0.3 is 14.5 Å². The predicted octanol–water partition coefficient (Wildman–Crippen LogP) is 3.47. The Morgan fingerprint density at radius 2 is 1.92 bits per heavy atom. The molecule has 0 amide bonds. The molecule has 7 nitrogen and oxygen atoms in total. The summed E-state index contributed by atoms with van der Waals surface area (Å²) in [4.78, 5) is 27.6. The fourth-order valence-electron chi connectivity index (χ4n) is 3.02. The first kappa shape index (κ1) is 20.2. The molecule has 0 saturated carbocycles. The van der Waals surface area contributed by atoms with Gasteiger partial charge in [-0.05, 0) is 58.8 Å². The Bertz CT molecular complexity index is 649. The zero-order valence-corrected chi connectivity index (χ0v) is 16.2. The third-order valence-corrected chi connectivity index (χ3v) is 4.44. The molecule has 1 fully saturated rings. The van der Waals surface area contributed by atoms with E-state index in [1.54, 1.807) is 26.8 Å². The Morgan fingerprint density at radius 3 is 2.50 bits per heavy atom. The summed E-state index contributed by atoms with van der Waals surface area (Å²) < 4.78 is 5.28. The lowest BCUT2D eigenvalue weighted by molar-refractivity contribution is -0.385. The van der Waals surface area contributed by atoms with Gasteiger partial charge in [0.15, 0.2) is 0 Å². The van der Waals surface area contributed by atoms with Crippen molar-refractivity contribution in [1.29, 1.82) is 0 Å². The van der Waals surface area contributed by atoms with E-state index in [1.807, 2.05) is 11.9 Å². The second-order valence-electron chi connectivity index (χ2n) is 7.78. The number of nitrogens with zero attached hydrogens (tertiary/aromatic N) is 3. The van der Waals surface area contributed by atoms with Crippen LogP contribution in [0.4, 0.5) is 11.4 Å². The SMILES string of the molecule is CN(CCN1CCCCC1)c1ccc(C(=O)OC(C)(C)C)c([N+](=O)[O-])c1. The van der Waals surface area contributed by atoms with E-state index in [0.29, 0.717) is 0 Å². The van der Waals surface area contributed by atoms with Crippen molar-refractivity contribution in [2.45, 2.75) is 45.6 Å². The lowest BCUT2D eigenvalue weighted by atomic mass is 10.1. The quantitative estimate of drug-likeness (QED) is 0.438. The molecule has 0 aromatic heterocycles. The van der Waals surface area contributed by atoms with E-state index >= 15 is 0 Å². The fourth-order valence-corrected chi connectivity index (χ4v) is 3.02. The molecule has 0 bridgehead atoms. The number of hydrogen-bond donors (Lipinski definition) is 0. The van der Waals surface area contributed by atoms with E-state index < -0.39 is 16.5 Å². The van der Waals surface area contributed by atoms with E-state index in [2.05, 4.69) is 4.90 Å². The summed E-state index contributed by atoms with van der Waals surface area (Å²) in [7, 11) is 1.91. The van der Waals surface area contributed by atoms with Crippen molar-refractivity contribution in [1.82, 2.24) is 4.90 Å². The van der Waals surface area contributed by atoms with Gasteiger partial charge in [-0.25, -0.2) is 4.79 Å². The van der Waals surface area contributed by atoms with Gasteiger partial charge in [0.1, 0.15) is 11.2 Å². The van der Waals surface area contributed by atoms with Crippen LogP contribution in [0, 0.1) is 10.1 Å². The second-order valence-corrected chi connectivity index (χ2v) is 7.78. The summed E-state index contributed by atoms with van der Waals surface area (Å²) in [6, 6.07) is 4.68. The van der Waals surface area contributed by atoms with Crippen molar-refractivity contribution >= 4 is 17.3 Å². The van der Waals surface area contributed by atoms with E-state index in [4.69, 9.17) is 4.74 Å². The van der Waals surface area contributed by atoms with Crippen molar-refractivity contribution in [2.75, 3.05) is 38.1 Å². The van der Waals surface area contributed by atoms with Crippen molar-refractivity contribution < 1.29 is 14.5 Å². The van der Waals surface area contributed by atoms with Gasteiger partial charge in [-0.15, -0.1) is 0 Å². The average Bonchev–Trinajstić information content (AvgIpc) is 2.58. The van der Waals surface area contributed by atoms with Crippen molar-refractivity contribution in [3.8, 4) is 0 Å². The molecule has 1 heterocycles. The summed E-state index contributed by atoms with van der Waals surface area (Å²) in [5.41, 5.74) is -0.213. The lowest BCUT2D eigenvalue weighted by Crippen LogP contribution is -2.36. The summed E-state index contributed by atoms with van der Waals surface area (Å²) >= 11 is 0. The standard InChI is InChI=1S/C19H29N3O4/c1-19(2,3)26-18(23)16-9-8-15(14-17(16)22(24)25)20(4)12-13-21-10-6-5-7-11-21/h8-9,14H,5-7,10-13H2,1-4H3. The third kappa shape index (κ3) is 5.69. The van der Waals surface area contributed by atoms with Crippen LogP contribution in [0.1, 0.15) is 50.4 Å². The van der Waals surface area contributed by atoms with Crippen LogP contribution in [0.15, 0.2) is 18.2 Å². The number of piperidine rings is 1. The van der Waals surface area contributed by atoms with Gasteiger partial charge >= 0.3 is 5.97 Å². The molecule has 144 valence electrons. The number of nitro benzene ring substituents is 1. The Balaban J connectivity index is 2.11. The van der Waals surface area contributed by atoms with Crippen LogP contribution in [-0.2, 0) is 4.74 Å². The van der Waals surface area contributed by atoms with Crippen molar-refractivity contribution in [3.05, 3.63) is 33.9 Å². The minimum Gasteiger partial charge on any atom is -0.456 e. The highest BCUT2D eigenvalue weighted by molar-refractivity contribution is 5.94. The maximum atomic E-state index is 12.3. The van der Waals surface area contributed by atoms with Gasteiger partial charge in [0, 0.05) is 31.9 Å². The molecule has 26 heavy (non-hydrogen) atoms. The molecule has 1 aliphatic heterocycles. The Kier molecular flexibility index (Phi) is 6.58. The Labute approximate surface area is 155 Å². The smallest absolute Gasteiger partial charge is 0.345 e. The Morgan fingerprint density at radius 1 is 1.27 bits per heavy atom. The summed E-state index contributed by atoms with van der Waals surface area (Å²) in [5, 5.41) is 11.4. The molecule has 0 aliphatic carbocycles. The molecular formula is C19H29N3O4. The molecule has 1 aliphatic rings. The number of ether oxygens (including phenoxy) is 1. The summed E-state index contributed by atoms with van der Waals surface area (Å²) in [6.45, 7) is 9.15.